The first-order chi connectivity index (χ1) is 34.6. The first-order valence-electron chi connectivity index (χ1n) is 25.9. The fraction of sp³-hybridized carbons (Fsp3) is 0.740. The van der Waals surface area contributed by atoms with Crippen LogP contribution in [0.5, 0.6) is 5.75 Å². The highest BCUT2D eigenvalue weighted by Gasteiger charge is 2.50. The SMILES string of the molecule is CCCCCCCCCCCCCCCC(=O)N[C@H]1C[C@@H](O)[C@@H](O)NC(=O)[C@@H]2[C@@H](O)[C@@H](C)CN2C(=O)[C@H]([C@@H](C)O)NC(=O)[C@H]([C@H](O)[C@@H](O)c2ccc(O)cc2)NC(=O)[C@@H]2C[C@@H](O)CN2C(=O)[C@H]([C@@H](C)O)NC1=O. The van der Waals surface area contributed by atoms with E-state index in [0.717, 1.165) is 61.5 Å². The quantitative estimate of drug-likeness (QED) is 0.0650. The largest absolute Gasteiger partial charge is 0.508 e. The number of aliphatic hydroxyl groups excluding tert-OH is 8. The van der Waals surface area contributed by atoms with Gasteiger partial charge in [0.2, 0.25) is 41.4 Å². The van der Waals surface area contributed by atoms with Crippen LogP contribution < -0.4 is 26.6 Å². The molecule has 0 unspecified atom stereocenters. The predicted molar refractivity (Wildman–Crippen MR) is 262 cm³/mol. The molecule has 3 fully saturated rings. The Bertz CT molecular complexity index is 1980. The summed E-state index contributed by atoms with van der Waals surface area (Å²) >= 11 is 0. The van der Waals surface area contributed by atoms with Gasteiger partial charge in [0.05, 0.1) is 24.4 Å². The molecule has 4 rings (SSSR count). The first kappa shape index (κ1) is 60.5. The van der Waals surface area contributed by atoms with Crippen LogP contribution in [0, 0.1) is 5.92 Å². The zero-order chi connectivity index (χ0) is 54.1. The summed E-state index contributed by atoms with van der Waals surface area (Å²) in [5, 5.41) is 110. The van der Waals surface area contributed by atoms with Gasteiger partial charge in [-0.3, -0.25) is 33.6 Å². The van der Waals surface area contributed by atoms with Gasteiger partial charge >= 0.3 is 0 Å². The van der Waals surface area contributed by atoms with Crippen molar-refractivity contribution in [3.05, 3.63) is 29.8 Å². The molecule has 15 atom stereocenters. The number of benzene rings is 1. The molecule has 0 spiro atoms. The number of hydrogen-bond acceptors (Lipinski definition) is 16. The number of carbonyl (C=O) groups is 7. The number of nitrogens with one attached hydrogen (secondary N) is 5. The number of phenolic OH excluding ortho intramolecular Hbond substituents is 1. The topological polar surface area (TPSA) is 368 Å². The van der Waals surface area contributed by atoms with E-state index in [1.807, 2.05) is 0 Å². The first-order valence-corrected chi connectivity index (χ1v) is 25.9. The minimum Gasteiger partial charge on any atom is -0.508 e. The number of hydrogen-bond donors (Lipinski definition) is 14. The van der Waals surface area contributed by atoms with E-state index in [1.54, 1.807) is 0 Å². The normalized spacial score (nSPS) is 29.7. The summed E-state index contributed by atoms with van der Waals surface area (Å²) in [5.41, 5.74) is -0.0586. The molecular formula is C50H81N7O16. The number of rotatable bonds is 20. The standard InChI is InChI=1S/C50H81N7O16/c1-5-6-7-8-9-10-11-12-13-14-15-16-17-18-36(63)51-33-24-35(62)46(69)55-48(71)40-41(64)27(2)25-57(40)50(73)38(29(4)59)53-47(70)39(43(66)42(65)30-19-21-31(60)22-20-30)54-45(68)34-23-32(61)26-56(34)49(72)37(28(3)58)52-44(33)67/h19-22,27-29,32-35,37-43,46,58-62,64-66,69H,5-18,23-26H2,1-4H3,(H,51,63)(H,52,67)(H,53,70)(H,54,68)(H,55,71)/t27-,28+,29+,32+,33-,34-,35+,37-,38-,39-,40-,41-,42-,43-,46+/m0/s1. The van der Waals surface area contributed by atoms with E-state index in [0.29, 0.717) is 12.8 Å². The molecule has 73 heavy (non-hydrogen) atoms. The third kappa shape index (κ3) is 17.3. The molecule has 3 aliphatic rings. The van der Waals surface area contributed by atoms with Crippen LogP contribution in [0.4, 0.5) is 0 Å². The number of aliphatic hydroxyl groups is 8. The van der Waals surface area contributed by atoms with Crippen LogP contribution in [-0.4, -0.2) is 189 Å². The minimum atomic E-state index is -2.27. The molecule has 1 aromatic rings. The van der Waals surface area contributed by atoms with E-state index in [2.05, 4.69) is 33.5 Å². The zero-order valence-electron chi connectivity index (χ0n) is 42.5. The Kier molecular flexibility index (Phi) is 24.2. The number of unbranched alkanes of at least 4 members (excludes halogenated alkanes) is 12. The van der Waals surface area contributed by atoms with Crippen LogP contribution >= 0.6 is 0 Å². The highest BCUT2D eigenvalue weighted by Crippen LogP contribution is 2.28. The second-order valence-corrected chi connectivity index (χ2v) is 20.1. The van der Waals surface area contributed by atoms with E-state index in [4.69, 9.17) is 0 Å². The van der Waals surface area contributed by atoms with Gasteiger partial charge < -0.3 is 82.3 Å². The predicted octanol–water partition coefficient (Wildman–Crippen LogP) is -1.66. The lowest BCUT2D eigenvalue weighted by Gasteiger charge is -2.34. The van der Waals surface area contributed by atoms with E-state index in [1.165, 1.54) is 64.0 Å². The van der Waals surface area contributed by atoms with Crippen LogP contribution in [0.15, 0.2) is 24.3 Å². The maximum absolute atomic E-state index is 14.3. The number of amides is 7. The summed E-state index contributed by atoms with van der Waals surface area (Å²) in [6.07, 6.45) is -2.52. The van der Waals surface area contributed by atoms with Gasteiger partial charge in [-0.25, -0.2) is 0 Å². The van der Waals surface area contributed by atoms with Crippen molar-refractivity contribution in [2.24, 2.45) is 5.92 Å². The lowest BCUT2D eigenvalue weighted by atomic mass is 9.96. The van der Waals surface area contributed by atoms with Crippen molar-refractivity contribution < 1.29 is 79.5 Å². The number of carbonyl (C=O) groups excluding carboxylic acids is 7. The summed E-state index contributed by atoms with van der Waals surface area (Å²) in [6, 6.07) is -6.56. The second kappa shape index (κ2) is 29.2. The van der Waals surface area contributed by atoms with Crippen LogP contribution in [0.2, 0.25) is 0 Å². The Morgan fingerprint density at radius 1 is 0.644 bits per heavy atom. The van der Waals surface area contributed by atoms with E-state index in [9.17, 15) is 79.5 Å². The minimum absolute atomic E-state index is 0.0494. The Morgan fingerprint density at radius 2 is 1.15 bits per heavy atom. The smallest absolute Gasteiger partial charge is 0.248 e. The molecule has 23 nitrogen and oxygen atoms in total. The second-order valence-electron chi connectivity index (χ2n) is 20.1. The molecule has 3 aliphatic heterocycles. The Morgan fingerprint density at radius 3 is 1.70 bits per heavy atom. The Labute approximate surface area is 426 Å². The van der Waals surface area contributed by atoms with Crippen molar-refractivity contribution in [2.45, 2.75) is 216 Å². The number of nitrogens with zero attached hydrogens (tertiary/aromatic N) is 2. The maximum atomic E-state index is 14.3. The molecule has 1 aromatic carbocycles. The van der Waals surface area contributed by atoms with Crippen LogP contribution in [0.3, 0.4) is 0 Å². The molecule has 14 N–H and O–H groups in total. The number of fused-ring (bicyclic) bond motifs is 2. The van der Waals surface area contributed by atoms with E-state index < -0.39 is 152 Å². The zero-order valence-corrected chi connectivity index (χ0v) is 42.5. The van der Waals surface area contributed by atoms with E-state index >= 15 is 0 Å². The molecule has 0 aromatic heterocycles. The van der Waals surface area contributed by atoms with Crippen molar-refractivity contribution in [1.29, 1.82) is 0 Å². The van der Waals surface area contributed by atoms with Crippen molar-refractivity contribution in [2.75, 3.05) is 13.1 Å². The number of phenols is 1. The maximum Gasteiger partial charge on any atom is 0.248 e. The highest BCUT2D eigenvalue weighted by atomic mass is 16.3. The van der Waals surface area contributed by atoms with Crippen molar-refractivity contribution in [3.8, 4) is 5.75 Å². The molecule has 0 aliphatic carbocycles. The van der Waals surface area contributed by atoms with Crippen LogP contribution in [0.1, 0.15) is 142 Å². The fourth-order valence-electron chi connectivity index (χ4n) is 9.59. The summed E-state index contributed by atoms with van der Waals surface area (Å²) in [7, 11) is 0. The summed E-state index contributed by atoms with van der Waals surface area (Å²) in [5.74, 6) is -8.92. The molecule has 3 saturated heterocycles. The van der Waals surface area contributed by atoms with Crippen molar-refractivity contribution in [1.82, 2.24) is 36.4 Å². The van der Waals surface area contributed by atoms with Gasteiger partial charge in [-0.2, -0.15) is 0 Å². The number of aromatic hydroxyl groups is 1. The molecule has 3 heterocycles. The molecule has 0 saturated carbocycles. The average Bonchev–Trinajstić information content (AvgIpc) is 3.89. The lowest BCUT2D eigenvalue weighted by Crippen LogP contribution is -2.64. The molecular weight excluding hydrogens is 955 g/mol. The molecule has 0 bridgehead atoms. The molecule has 23 heteroatoms. The monoisotopic (exact) mass is 1040 g/mol. The van der Waals surface area contributed by atoms with Gasteiger partial charge in [0.25, 0.3) is 0 Å². The van der Waals surface area contributed by atoms with Gasteiger partial charge in [-0.15, -0.1) is 0 Å². The molecule has 412 valence electrons. The van der Waals surface area contributed by atoms with Crippen LogP contribution in [-0.2, 0) is 33.6 Å². The average molecular weight is 1040 g/mol. The summed E-state index contributed by atoms with van der Waals surface area (Å²) in [4.78, 5) is 100. The lowest BCUT2D eigenvalue weighted by molar-refractivity contribution is -0.148. The fourth-order valence-corrected chi connectivity index (χ4v) is 9.59. The summed E-state index contributed by atoms with van der Waals surface area (Å²) < 4.78 is 0. The third-order valence-electron chi connectivity index (χ3n) is 14.0. The third-order valence-corrected chi connectivity index (χ3v) is 14.0. The Balaban J connectivity index is 1.64. The molecule has 0 radical (unpaired) electrons. The van der Waals surface area contributed by atoms with Gasteiger partial charge in [0, 0.05) is 38.3 Å². The van der Waals surface area contributed by atoms with Crippen LogP contribution in [0.25, 0.3) is 0 Å². The van der Waals surface area contributed by atoms with Gasteiger partial charge in [0.15, 0.2) is 6.23 Å². The van der Waals surface area contributed by atoms with Gasteiger partial charge in [-0.1, -0.05) is 103 Å². The van der Waals surface area contributed by atoms with Gasteiger partial charge in [0.1, 0.15) is 60.3 Å². The molecule has 7 amide bonds. The van der Waals surface area contributed by atoms with Gasteiger partial charge in [-0.05, 0) is 38.0 Å². The highest BCUT2D eigenvalue weighted by molar-refractivity contribution is 5.98. The summed E-state index contributed by atoms with van der Waals surface area (Å²) in [6.45, 7) is 5.01. The van der Waals surface area contributed by atoms with Crippen molar-refractivity contribution >= 4 is 41.4 Å². The Hall–Kier alpha value is -5.01. The van der Waals surface area contributed by atoms with E-state index in [-0.39, 0.29) is 24.3 Å². The van der Waals surface area contributed by atoms with Crippen molar-refractivity contribution in [3.63, 3.8) is 0 Å².